The van der Waals surface area contributed by atoms with Crippen molar-refractivity contribution in [2.75, 3.05) is 19.7 Å². The first-order chi connectivity index (χ1) is 6.83. The lowest BCUT2D eigenvalue weighted by molar-refractivity contribution is -0.155. The van der Waals surface area contributed by atoms with E-state index in [4.69, 9.17) is 4.74 Å². The van der Waals surface area contributed by atoms with Crippen LogP contribution in [0.25, 0.3) is 0 Å². The first-order valence-electron chi connectivity index (χ1n) is 5.70. The van der Waals surface area contributed by atoms with Crippen LogP contribution in [-0.4, -0.2) is 25.7 Å². The van der Waals surface area contributed by atoms with Gasteiger partial charge in [0.05, 0.1) is 12.5 Å². The minimum absolute atomic E-state index is 0.0451. The zero-order valence-electron chi connectivity index (χ0n) is 8.79. The van der Waals surface area contributed by atoms with Crippen LogP contribution < -0.4 is 5.32 Å². The summed E-state index contributed by atoms with van der Waals surface area (Å²) in [5.41, 5.74) is 0. The summed E-state index contributed by atoms with van der Waals surface area (Å²) in [7, 11) is 0. The van der Waals surface area contributed by atoms with E-state index >= 15 is 0 Å². The fraction of sp³-hybridized carbons (Fsp3) is 0.909. The van der Waals surface area contributed by atoms with Gasteiger partial charge in [-0.05, 0) is 44.7 Å². The number of rotatable bonds is 2. The Balaban J connectivity index is 2.04. The molecule has 3 heteroatoms. The molecular formula is C11H19NO2. The van der Waals surface area contributed by atoms with Crippen molar-refractivity contribution in [3.63, 3.8) is 0 Å². The Hall–Kier alpha value is -0.570. The first kappa shape index (κ1) is 9.97. The molecule has 0 aromatic heterocycles. The largest absolute Gasteiger partial charge is 0.466 e. The predicted molar refractivity (Wildman–Crippen MR) is 53.8 cm³/mol. The SMILES string of the molecule is CCOC(=O)C1[C@@H]2CCC[C@H]1CNC2. The standard InChI is InChI=1S/C11H19NO2/c1-2-14-11(13)10-8-4-3-5-9(10)7-12-6-8/h8-10,12H,2-7H2,1H3/t8-,9+,10?. The number of carbonyl (C=O) groups is 1. The minimum atomic E-state index is 0.0451. The predicted octanol–water partition coefficient (Wildman–Crippen LogP) is 1.19. The van der Waals surface area contributed by atoms with Crippen molar-refractivity contribution in [1.29, 1.82) is 0 Å². The third-order valence-corrected chi connectivity index (χ3v) is 3.54. The lowest BCUT2D eigenvalue weighted by Gasteiger charge is -2.41. The van der Waals surface area contributed by atoms with Gasteiger partial charge in [0.2, 0.25) is 0 Å². The molecule has 0 spiro atoms. The van der Waals surface area contributed by atoms with E-state index in [0.29, 0.717) is 18.4 Å². The van der Waals surface area contributed by atoms with Gasteiger partial charge in [-0.1, -0.05) is 6.42 Å². The molecule has 1 unspecified atom stereocenters. The second-order valence-electron chi connectivity index (χ2n) is 4.39. The van der Waals surface area contributed by atoms with Gasteiger partial charge in [0.15, 0.2) is 0 Å². The van der Waals surface area contributed by atoms with E-state index in [1.807, 2.05) is 6.92 Å². The second kappa shape index (κ2) is 4.30. The number of ether oxygens (including phenoxy) is 1. The van der Waals surface area contributed by atoms with Crippen molar-refractivity contribution in [2.45, 2.75) is 26.2 Å². The van der Waals surface area contributed by atoms with E-state index in [9.17, 15) is 4.79 Å². The van der Waals surface area contributed by atoms with Gasteiger partial charge >= 0.3 is 5.97 Å². The maximum atomic E-state index is 11.8. The lowest BCUT2D eigenvalue weighted by Crippen LogP contribution is -2.49. The van der Waals surface area contributed by atoms with Crippen LogP contribution in [0.1, 0.15) is 26.2 Å². The van der Waals surface area contributed by atoms with Gasteiger partial charge in [0.1, 0.15) is 0 Å². The number of hydrogen-bond donors (Lipinski definition) is 1. The Morgan fingerprint density at radius 3 is 2.57 bits per heavy atom. The summed E-state index contributed by atoms with van der Waals surface area (Å²) in [5.74, 6) is 1.29. The van der Waals surface area contributed by atoms with Crippen molar-refractivity contribution in [2.24, 2.45) is 17.8 Å². The third-order valence-electron chi connectivity index (χ3n) is 3.54. The zero-order chi connectivity index (χ0) is 9.97. The number of esters is 1. The van der Waals surface area contributed by atoms with Gasteiger partial charge in [0.25, 0.3) is 0 Å². The van der Waals surface area contributed by atoms with Gasteiger partial charge < -0.3 is 10.1 Å². The van der Waals surface area contributed by atoms with Gasteiger partial charge in [-0.2, -0.15) is 0 Å². The van der Waals surface area contributed by atoms with Crippen LogP contribution in [0.3, 0.4) is 0 Å². The molecule has 0 radical (unpaired) electrons. The lowest BCUT2D eigenvalue weighted by atomic mass is 9.69. The molecule has 3 nitrogen and oxygen atoms in total. The molecule has 2 rings (SSSR count). The molecule has 14 heavy (non-hydrogen) atoms. The van der Waals surface area contributed by atoms with Crippen molar-refractivity contribution < 1.29 is 9.53 Å². The Morgan fingerprint density at radius 2 is 2.00 bits per heavy atom. The highest BCUT2D eigenvalue weighted by Gasteiger charge is 2.41. The molecule has 1 heterocycles. The Kier molecular flexibility index (Phi) is 3.06. The van der Waals surface area contributed by atoms with Crippen LogP contribution in [0.4, 0.5) is 0 Å². The molecule has 2 fully saturated rings. The molecule has 1 aliphatic heterocycles. The maximum Gasteiger partial charge on any atom is 0.309 e. The Labute approximate surface area is 85.2 Å². The molecule has 2 bridgehead atoms. The van der Waals surface area contributed by atoms with Gasteiger partial charge in [-0.15, -0.1) is 0 Å². The van der Waals surface area contributed by atoms with E-state index in [-0.39, 0.29) is 11.9 Å². The summed E-state index contributed by atoms with van der Waals surface area (Å²) in [6.07, 6.45) is 3.66. The third kappa shape index (κ3) is 1.78. The molecule has 80 valence electrons. The highest BCUT2D eigenvalue weighted by Crippen LogP contribution is 2.37. The summed E-state index contributed by atoms with van der Waals surface area (Å²) < 4.78 is 5.15. The number of carbonyl (C=O) groups excluding carboxylic acids is 1. The van der Waals surface area contributed by atoms with Crippen molar-refractivity contribution in [1.82, 2.24) is 5.32 Å². The molecule has 0 amide bonds. The monoisotopic (exact) mass is 197 g/mol. The van der Waals surface area contributed by atoms with E-state index in [1.54, 1.807) is 0 Å². The van der Waals surface area contributed by atoms with Crippen LogP contribution in [0.15, 0.2) is 0 Å². The summed E-state index contributed by atoms with van der Waals surface area (Å²) in [5, 5.41) is 3.41. The van der Waals surface area contributed by atoms with Gasteiger partial charge in [-0.25, -0.2) is 0 Å². The van der Waals surface area contributed by atoms with Crippen LogP contribution in [-0.2, 0) is 9.53 Å². The first-order valence-corrected chi connectivity index (χ1v) is 5.70. The van der Waals surface area contributed by atoms with Crippen LogP contribution in [0.5, 0.6) is 0 Å². The average molecular weight is 197 g/mol. The van der Waals surface area contributed by atoms with Gasteiger partial charge in [-0.3, -0.25) is 4.79 Å². The van der Waals surface area contributed by atoms with Crippen molar-refractivity contribution in [3.8, 4) is 0 Å². The highest BCUT2D eigenvalue weighted by atomic mass is 16.5. The Morgan fingerprint density at radius 1 is 1.36 bits per heavy atom. The molecule has 1 N–H and O–H groups in total. The fourth-order valence-corrected chi connectivity index (χ4v) is 2.92. The molecule has 1 saturated carbocycles. The molecule has 2 aliphatic rings. The van der Waals surface area contributed by atoms with E-state index < -0.39 is 0 Å². The highest BCUT2D eigenvalue weighted by molar-refractivity contribution is 5.73. The molecule has 0 aromatic carbocycles. The zero-order valence-corrected chi connectivity index (χ0v) is 8.79. The second-order valence-corrected chi connectivity index (χ2v) is 4.39. The maximum absolute atomic E-state index is 11.8. The summed E-state index contributed by atoms with van der Waals surface area (Å²) in [6, 6.07) is 0. The van der Waals surface area contributed by atoms with Crippen LogP contribution in [0.2, 0.25) is 0 Å². The molecule has 1 saturated heterocycles. The minimum Gasteiger partial charge on any atom is -0.466 e. The van der Waals surface area contributed by atoms with Gasteiger partial charge in [0, 0.05) is 0 Å². The van der Waals surface area contributed by atoms with E-state index in [0.717, 1.165) is 13.1 Å². The summed E-state index contributed by atoms with van der Waals surface area (Å²) >= 11 is 0. The normalized spacial score (nSPS) is 36.5. The number of nitrogens with one attached hydrogen (secondary N) is 1. The van der Waals surface area contributed by atoms with E-state index in [1.165, 1.54) is 19.3 Å². The molecule has 3 atom stereocenters. The number of piperidine rings is 1. The molecule has 1 aliphatic carbocycles. The molecular weight excluding hydrogens is 178 g/mol. The number of fused-ring (bicyclic) bond motifs is 2. The quantitative estimate of drug-likeness (QED) is 0.676. The smallest absolute Gasteiger partial charge is 0.309 e. The fourth-order valence-electron chi connectivity index (χ4n) is 2.92. The summed E-state index contributed by atoms with van der Waals surface area (Å²) in [6.45, 7) is 4.40. The molecule has 0 aromatic rings. The van der Waals surface area contributed by atoms with Crippen LogP contribution in [0, 0.1) is 17.8 Å². The topological polar surface area (TPSA) is 38.3 Å². The average Bonchev–Trinajstić information content (AvgIpc) is 2.17. The van der Waals surface area contributed by atoms with Crippen LogP contribution >= 0.6 is 0 Å². The van der Waals surface area contributed by atoms with E-state index in [2.05, 4.69) is 5.32 Å². The Bertz CT molecular complexity index is 195. The van der Waals surface area contributed by atoms with Crippen molar-refractivity contribution in [3.05, 3.63) is 0 Å². The summed E-state index contributed by atoms with van der Waals surface area (Å²) in [4.78, 5) is 11.8. The number of hydrogen-bond acceptors (Lipinski definition) is 3. The van der Waals surface area contributed by atoms with Crippen molar-refractivity contribution >= 4 is 5.97 Å².